The van der Waals surface area contributed by atoms with E-state index in [-0.39, 0.29) is 11.9 Å². The first kappa shape index (κ1) is 14.8. The number of hydrogen-bond acceptors (Lipinski definition) is 2. The fourth-order valence-electron chi connectivity index (χ4n) is 1.93. The molecule has 2 aromatic rings. The van der Waals surface area contributed by atoms with Gasteiger partial charge in [0.1, 0.15) is 5.82 Å². The molecule has 1 aromatic carbocycles. The minimum Gasteiger partial charge on any atom is -0.306 e. The van der Waals surface area contributed by atoms with Crippen LogP contribution in [-0.2, 0) is 0 Å². The fraction of sp³-hybridized carbons (Fsp3) is 0.286. The molecule has 0 saturated carbocycles. The van der Waals surface area contributed by atoms with Gasteiger partial charge < -0.3 is 5.32 Å². The van der Waals surface area contributed by atoms with Gasteiger partial charge in [0.2, 0.25) is 0 Å². The molecule has 1 nitrogen and oxygen atoms in total. The van der Waals surface area contributed by atoms with Crippen LogP contribution < -0.4 is 5.32 Å². The van der Waals surface area contributed by atoms with Gasteiger partial charge in [-0.1, -0.05) is 36.2 Å². The Balaban J connectivity index is 2.48. The Morgan fingerprint density at radius 3 is 2.63 bits per heavy atom. The molecule has 0 amide bonds. The van der Waals surface area contributed by atoms with Crippen molar-refractivity contribution >= 4 is 34.5 Å². The maximum atomic E-state index is 14.1. The van der Waals surface area contributed by atoms with Crippen LogP contribution in [0.4, 0.5) is 4.39 Å². The van der Waals surface area contributed by atoms with Crippen molar-refractivity contribution in [3.8, 4) is 0 Å². The second-order valence-electron chi connectivity index (χ2n) is 4.25. The lowest BCUT2D eigenvalue weighted by molar-refractivity contribution is 0.563. The van der Waals surface area contributed by atoms with Crippen LogP contribution in [0.1, 0.15) is 29.0 Å². The van der Waals surface area contributed by atoms with Crippen LogP contribution in [0.3, 0.4) is 0 Å². The van der Waals surface area contributed by atoms with Gasteiger partial charge in [-0.3, -0.25) is 0 Å². The van der Waals surface area contributed by atoms with Crippen molar-refractivity contribution in [1.82, 2.24) is 5.32 Å². The van der Waals surface area contributed by atoms with E-state index in [1.807, 2.05) is 19.2 Å². The minimum absolute atomic E-state index is 0.242. The highest BCUT2D eigenvalue weighted by atomic mass is 35.5. The smallest absolute Gasteiger partial charge is 0.129 e. The topological polar surface area (TPSA) is 12.0 Å². The number of hydrogen-bond donors (Lipinski definition) is 1. The Hall–Kier alpha value is -0.610. The lowest BCUT2D eigenvalue weighted by atomic mass is 10.0. The first-order valence-corrected chi connectivity index (χ1v) is 7.60. The molecule has 0 aliphatic heterocycles. The Bertz CT molecular complexity index is 583. The molecule has 0 radical (unpaired) electrons. The SMILES string of the molecule is CCNC(c1ccc(Cl)cc1F)c1scc(C)c1Cl. The average Bonchev–Trinajstić information content (AvgIpc) is 2.68. The van der Waals surface area contributed by atoms with Gasteiger partial charge in [0, 0.05) is 15.5 Å². The lowest BCUT2D eigenvalue weighted by Gasteiger charge is -2.18. The van der Waals surface area contributed by atoms with Gasteiger partial charge in [0.15, 0.2) is 0 Å². The van der Waals surface area contributed by atoms with Gasteiger partial charge in [-0.25, -0.2) is 4.39 Å². The number of halogens is 3. The van der Waals surface area contributed by atoms with Crippen molar-refractivity contribution in [3.05, 3.63) is 55.4 Å². The normalized spacial score (nSPS) is 12.7. The molecule has 2 rings (SSSR count). The second-order valence-corrected chi connectivity index (χ2v) is 5.98. The molecular formula is C14H14Cl2FNS. The van der Waals surface area contributed by atoms with Crippen LogP contribution in [0.5, 0.6) is 0 Å². The van der Waals surface area contributed by atoms with E-state index in [4.69, 9.17) is 23.2 Å². The zero-order chi connectivity index (χ0) is 14.0. The van der Waals surface area contributed by atoms with Crippen LogP contribution >= 0.6 is 34.5 Å². The number of thiophene rings is 1. The first-order valence-electron chi connectivity index (χ1n) is 5.96. The molecule has 19 heavy (non-hydrogen) atoms. The van der Waals surface area contributed by atoms with Gasteiger partial charge in [0.05, 0.1) is 11.1 Å². The fourth-order valence-corrected chi connectivity index (χ4v) is 3.48. The van der Waals surface area contributed by atoms with Crippen LogP contribution in [0.15, 0.2) is 23.6 Å². The molecule has 0 spiro atoms. The summed E-state index contributed by atoms with van der Waals surface area (Å²) in [7, 11) is 0. The summed E-state index contributed by atoms with van der Waals surface area (Å²) in [4.78, 5) is 0.933. The molecule has 0 aliphatic rings. The number of aryl methyl sites for hydroxylation is 1. The number of nitrogens with one attached hydrogen (secondary N) is 1. The highest BCUT2D eigenvalue weighted by Crippen LogP contribution is 2.36. The number of rotatable bonds is 4. The third-order valence-electron chi connectivity index (χ3n) is 2.87. The van der Waals surface area contributed by atoms with Gasteiger partial charge in [-0.2, -0.15) is 0 Å². The number of benzene rings is 1. The van der Waals surface area contributed by atoms with Crippen molar-refractivity contribution in [2.24, 2.45) is 0 Å². The Labute approximate surface area is 126 Å². The summed E-state index contributed by atoms with van der Waals surface area (Å²) in [6.45, 7) is 4.65. The average molecular weight is 318 g/mol. The second kappa shape index (κ2) is 6.23. The maximum Gasteiger partial charge on any atom is 0.129 e. The van der Waals surface area contributed by atoms with Crippen LogP contribution in [0.2, 0.25) is 10.0 Å². The summed E-state index contributed by atoms with van der Waals surface area (Å²) >= 11 is 13.6. The standard InChI is InChI=1S/C14H14Cl2FNS/c1-3-18-13(14-12(16)8(2)7-19-14)10-5-4-9(15)6-11(10)17/h4-7,13,18H,3H2,1-2H3. The van der Waals surface area contributed by atoms with Gasteiger partial charge >= 0.3 is 0 Å². The maximum absolute atomic E-state index is 14.1. The summed E-state index contributed by atoms with van der Waals surface area (Å²) in [6.07, 6.45) is 0. The van der Waals surface area contributed by atoms with Crippen molar-refractivity contribution < 1.29 is 4.39 Å². The highest BCUT2D eigenvalue weighted by Gasteiger charge is 2.22. The quantitative estimate of drug-likeness (QED) is 0.817. The van der Waals surface area contributed by atoms with Crippen molar-refractivity contribution in [1.29, 1.82) is 0 Å². The lowest BCUT2D eigenvalue weighted by Crippen LogP contribution is -2.22. The van der Waals surface area contributed by atoms with E-state index in [0.29, 0.717) is 15.6 Å². The third-order valence-corrected chi connectivity index (χ3v) is 4.88. The summed E-state index contributed by atoms with van der Waals surface area (Å²) in [5.74, 6) is -0.319. The van der Waals surface area contributed by atoms with E-state index in [0.717, 1.165) is 17.0 Å². The zero-order valence-electron chi connectivity index (χ0n) is 10.6. The molecule has 1 N–H and O–H groups in total. The van der Waals surface area contributed by atoms with E-state index >= 15 is 0 Å². The molecular weight excluding hydrogens is 304 g/mol. The van der Waals surface area contributed by atoms with E-state index in [1.54, 1.807) is 12.1 Å². The van der Waals surface area contributed by atoms with Crippen molar-refractivity contribution in [2.75, 3.05) is 6.54 Å². The molecule has 1 atom stereocenters. The van der Waals surface area contributed by atoms with E-state index in [1.165, 1.54) is 17.4 Å². The molecule has 0 aliphatic carbocycles. The summed E-state index contributed by atoms with van der Waals surface area (Å²) in [5, 5.41) is 6.35. The van der Waals surface area contributed by atoms with Crippen molar-refractivity contribution in [3.63, 3.8) is 0 Å². The van der Waals surface area contributed by atoms with Crippen LogP contribution in [0.25, 0.3) is 0 Å². The summed E-state index contributed by atoms with van der Waals surface area (Å²) < 4.78 is 14.1. The monoisotopic (exact) mass is 317 g/mol. The first-order chi connectivity index (χ1) is 9.04. The molecule has 0 saturated heterocycles. The molecule has 0 bridgehead atoms. The largest absolute Gasteiger partial charge is 0.306 e. The Morgan fingerprint density at radius 2 is 2.11 bits per heavy atom. The summed E-state index contributed by atoms with van der Waals surface area (Å²) in [5.41, 5.74) is 1.58. The predicted octanol–water partition coefficient (Wildman–Crippen LogP) is 5.20. The molecule has 1 unspecified atom stereocenters. The molecule has 1 aromatic heterocycles. The van der Waals surface area contributed by atoms with E-state index in [2.05, 4.69) is 5.32 Å². The third kappa shape index (κ3) is 3.11. The van der Waals surface area contributed by atoms with Gasteiger partial charge in [0.25, 0.3) is 0 Å². The van der Waals surface area contributed by atoms with Crippen molar-refractivity contribution in [2.45, 2.75) is 19.9 Å². The zero-order valence-corrected chi connectivity index (χ0v) is 13.0. The van der Waals surface area contributed by atoms with E-state index in [9.17, 15) is 4.39 Å². The molecule has 5 heteroatoms. The minimum atomic E-state index is -0.319. The molecule has 0 fully saturated rings. The van der Waals surface area contributed by atoms with Gasteiger partial charge in [-0.15, -0.1) is 11.3 Å². The van der Waals surface area contributed by atoms with E-state index < -0.39 is 0 Å². The van der Waals surface area contributed by atoms with Crippen LogP contribution in [0, 0.1) is 12.7 Å². The Kier molecular flexibility index (Phi) is 4.85. The Morgan fingerprint density at radius 1 is 1.37 bits per heavy atom. The summed E-state index contributed by atoms with van der Waals surface area (Å²) in [6, 6.07) is 4.48. The predicted molar refractivity (Wildman–Crippen MR) is 81.0 cm³/mol. The van der Waals surface area contributed by atoms with Crippen LogP contribution in [-0.4, -0.2) is 6.54 Å². The molecule has 1 heterocycles. The molecule has 102 valence electrons. The van der Waals surface area contributed by atoms with Gasteiger partial charge in [-0.05, 0) is 36.5 Å². The highest BCUT2D eigenvalue weighted by molar-refractivity contribution is 7.10.